The Balaban J connectivity index is 1.48. The molecular formula is C22H23ClN4O9S. The number of carboxylic acid groups (broad SMARTS) is 1. The van der Waals surface area contributed by atoms with Crippen molar-refractivity contribution in [3.63, 3.8) is 0 Å². The molecule has 198 valence electrons. The molecule has 2 unspecified atom stereocenters. The van der Waals surface area contributed by atoms with E-state index in [1.54, 1.807) is 0 Å². The largest absolute Gasteiger partial charge is 0.477 e. The van der Waals surface area contributed by atoms with Crippen LogP contribution in [0.4, 0.5) is 5.69 Å². The van der Waals surface area contributed by atoms with E-state index in [-0.39, 0.29) is 48.0 Å². The highest BCUT2D eigenvalue weighted by atomic mass is 35.5. The lowest BCUT2D eigenvalue weighted by molar-refractivity contribution is -0.384. The Morgan fingerprint density at radius 2 is 1.97 bits per heavy atom. The van der Waals surface area contributed by atoms with Crippen molar-refractivity contribution >= 4 is 58.7 Å². The second-order valence-electron chi connectivity index (χ2n) is 8.19. The molecule has 2 aliphatic heterocycles. The average molecular weight is 555 g/mol. The summed E-state index contributed by atoms with van der Waals surface area (Å²) in [5.41, 5.74) is 0.124. The summed E-state index contributed by atoms with van der Waals surface area (Å²) in [6.07, 6.45) is 0.198. The van der Waals surface area contributed by atoms with Gasteiger partial charge in [0.1, 0.15) is 29.8 Å². The molecule has 0 aliphatic carbocycles. The number of carbonyl (C=O) groups excluding carboxylic acids is 4. The van der Waals surface area contributed by atoms with E-state index in [1.807, 2.05) is 0 Å². The predicted octanol–water partition coefficient (Wildman–Crippen LogP) is 1.25. The minimum absolute atomic E-state index is 0.0522. The zero-order valence-corrected chi connectivity index (χ0v) is 21.0. The van der Waals surface area contributed by atoms with Gasteiger partial charge >= 0.3 is 11.9 Å². The molecule has 2 aliphatic rings. The Labute approximate surface area is 219 Å². The molecule has 15 heteroatoms. The van der Waals surface area contributed by atoms with Crippen molar-refractivity contribution in [1.29, 1.82) is 0 Å². The topological polar surface area (TPSA) is 185 Å². The molecule has 0 radical (unpaired) electrons. The zero-order valence-electron chi connectivity index (χ0n) is 19.5. The summed E-state index contributed by atoms with van der Waals surface area (Å²) in [5.74, 6) is -3.38. The summed E-state index contributed by atoms with van der Waals surface area (Å²) in [6.45, 7) is 1.06. The van der Waals surface area contributed by atoms with E-state index in [0.717, 1.165) is 4.90 Å². The number of carboxylic acids is 1. The highest BCUT2D eigenvalue weighted by Crippen LogP contribution is 2.41. The summed E-state index contributed by atoms with van der Waals surface area (Å²) < 4.78 is 5.21. The number of hydrogen-bond donors (Lipinski definition) is 3. The molecule has 2 heterocycles. The van der Waals surface area contributed by atoms with Crippen LogP contribution in [0.1, 0.15) is 31.7 Å². The van der Waals surface area contributed by atoms with Gasteiger partial charge in [0.05, 0.1) is 9.96 Å². The molecule has 37 heavy (non-hydrogen) atoms. The van der Waals surface area contributed by atoms with Crippen molar-refractivity contribution in [3.05, 3.63) is 50.7 Å². The van der Waals surface area contributed by atoms with Crippen LogP contribution < -0.4 is 10.6 Å². The molecule has 3 N–H and O–H groups in total. The number of nitro groups is 1. The van der Waals surface area contributed by atoms with E-state index in [9.17, 15) is 39.2 Å². The first-order valence-electron chi connectivity index (χ1n) is 11.0. The third-order valence-corrected chi connectivity index (χ3v) is 7.28. The number of rotatable bonds is 11. The van der Waals surface area contributed by atoms with Gasteiger partial charge < -0.3 is 20.5 Å². The molecule has 1 aromatic rings. The van der Waals surface area contributed by atoms with Gasteiger partial charge in [-0.3, -0.25) is 29.4 Å². The van der Waals surface area contributed by atoms with Crippen molar-refractivity contribution in [2.24, 2.45) is 0 Å². The zero-order chi connectivity index (χ0) is 27.3. The van der Waals surface area contributed by atoms with Crippen LogP contribution in [-0.4, -0.2) is 67.8 Å². The molecule has 1 saturated heterocycles. The minimum atomic E-state index is -1.32. The lowest BCUT2D eigenvalue weighted by Crippen LogP contribution is -2.70. The number of nitro benzene ring substituents is 1. The summed E-state index contributed by atoms with van der Waals surface area (Å²) in [7, 11) is 0. The van der Waals surface area contributed by atoms with Gasteiger partial charge in [-0.1, -0.05) is 11.6 Å². The monoisotopic (exact) mass is 554 g/mol. The number of esters is 1. The van der Waals surface area contributed by atoms with E-state index >= 15 is 0 Å². The third kappa shape index (κ3) is 6.77. The first-order valence-corrected chi connectivity index (χ1v) is 12.4. The van der Waals surface area contributed by atoms with Crippen LogP contribution in [0.5, 0.6) is 0 Å². The van der Waals surface area contributed by atoms with Gasteiger partial charge in [0.15, 0.2) is 0 Å². The molecule has 3 rings (SSSR count). The van der Waals surface area contributed by atoms with Gasteiger partial charge in [0.25, 0.3) is 11.6 Å². The number of β-lactam (4-membered cyclic amide) rings is 1. The number of halogens is 1. The van der Waals surface area contributed by atoms with Gasteiger partial charge in [-0.15, -0.1) is 11.8 Å². The smallest absolute Gasteiger partial charge is 0.353 e. The summed E-state index contributed by atoms with van der Waals surface area (Å²) in [4.78, 5) is 71.5. The van der Waals surface area contributed by atoms with Crippen molar-refractivity contribution in [2.75, 3.05) is 5.75 Å². The number of nitrogens with one attached hydrogen (secondary N) is 2. The molecule has 1 aromatic carbocycles. The Bertz CT molecular complexity index is 1160. The molecule has 0 spiro atoms. The molecule has 0 saturated carbocycles. The van der Waals surface area contributed by atoms with Crippen molar-refractivity contribution in [1.82, 2.24) is 15.5 Å². The van der Waals surface area contributed by atoms with Crippen molar-refractivity contribution in [2.45, 2.75) is 50.3 Å². The highest BCUT2D eigenvalue weighted by molar-refractivity contribution is 8.00. The highest BCUT2D eigenvalue weighted by Gasteiger charge is 2.54. The molecule has 0 bridgehead atoms. The fraction of sp³-hybridized carbons (Fsp3) is 0.409. The number of hydrogen-bond acceptors (Lipinski definition) is 9. The van der Waals surface area contributed by atoms with Gasteiger partial charge in [-0.2, -0.15) is 0 Å². The van der Waals surface area contributed by atoms with Gasteiger partial charge in [0.2, 0.25) is 11.8 Å². The summed E-state index contributed by atoms with van der Waals surface area (Å²) >= 11 is 7.17. The normalized spacial score (nSPS) is 19.3. The van der Waals surface area contributed by atoms with Crippen LogP contribution >= 0.6 is 23.4 Å². The van der Waals surface area contributed by atoms with E-state index < -0.39 is 52.0 Å². The average Bonchev–Trinajstić information content (AvgIpc) is 2.84. The first-order chi connectivity index (χ1) is 17.5. The number of aliphatic carboxylic acids is 1. The molecular weight excluding hydrogens is 532 g/mol. The molecule has 3 atom stereocenters. The summed E-state index contributed by atoms with van der Waals surface area (Å²) in [6, 6.07) is 3.52. The molecule has 13 nitrogen and oxygen atoms in total. The molecule has 0 aromatic heterocycles. The Morgan fingerprint density at radius 3 is 2.57 bits per heavy atom. The minimum Gasteiger partial charge on any atom is -0.477 e. The number of non-ortho nitro benzene ring substituents is 1. The van der Waals surface area contributed by atoms with Crippen LogP contribution in [-0.2, 0) is 35.3 Å². The standard InChI is InChI=1S/C22H23ClN4O9S/c1-11(28)24-15(22(33)36-9-12-5-7-13(8-6-12)27(34)35)3-2-4-16(29)25-17-19(30)26-18(21(31)32)14(23)10-37-20(17)26/h5-8,15,17,20H,2-4,9-10H2,1H3,(H,24,28)(H,25,29)(H,31,32)/t15?,17?,20-/m0/s1. The SMILES string of the molecule is CC(=O)NC(CCCC(=O)NC1C(=O)N2C(C(=O)O)=C(Cl)CS[C@@H]12)C(=O)OCc1ccc([N+](=O)[O-])cc1. The number of amides is 3. The quantitative estimate of drug-likeness (QED) is 0.155. The number of carbonyl (C=O) groups is 5. The first kappa shape index (κ1) is 27.9. The summed E-state index contributed by atoms with van der Waals surface area (Å²) in [5, 5.41) is 24.6. The fourth-order valence-electron chi connectivity index (χ4n) is 3.76. The van der Waals surface area contributed by atoms with Crippen LogP contribution in [0.2, 0.25) is 0 Å². The fourth-order valence-corrected chi connectivity index (χ4v) is 5.31. The van der Waals surface area contributed by atoms with Crippen molar-refractivity contribution < 1.29 is 38.7 Å². The van der Waals surface area contributed by atoms with Crippen LogP contribution in [0.15, 0.2) is 35.0 Å². The number of thioether (sulfide) groups is 1. The Kier molecular flexibility index (Phi) is 9.10. The van der Waals surface area contributed by atoms with E-state index in [2.05, 4.69) is 10.6 Å². The van der Waals surface area contributed by atoms with E-state index in [4.69, 9.17) is 16.3 Å². The maximum absolute atomic E-state index is 12.5. The number of benzene rings is 1. The third-order valence-electron chi connectivity index (χ3n) is 5.53. The molecule has 3 amide bonds. The van der Waals surface area contributed by atoms with Gasteiger partial charge in [-0.25, -0.2) is 9.59 Å². The predicted molar refractivity (Wildman–Crippen MR) is 130 cm³/mol. The maximum Gasteiger partial charge on any atom is 0.353 e. The van der Waals surface area contributed by atoms with Gasteiger partial charge in [0, 0.05) is 31.2 Å². The number of fused-ring (bicyclic) bond motifs is 1. The van der Waals surface area contributed by atoms with Crippen LogP contribution in [0.3, 0.4) is 0 Å². The Morgan fingerprint density at radius 1 is 1.30 bits per heavy atom. The van der Waals surface area contributed by atoms with Crippen LogP contribution in [0.25, 0.3) is 0 Å². The van der Waals surface area contributed by atoms with Crippen LogP contribution in [0, 0.1) is 10.1 Å². The van der Waals surface area contributed by atoms with E-state index in [1.165, 1.54) is 43.0 Å². The lowest BCUT2D eigenvalue weighted by atomic mass is 10.0. The molecule has 1 fully saturated rings. The van der Waals surface area contributed by atoms with E-state index in [0.29, 0.717) is 5.56 Å². The van der Waals surface area contributed by atoms with Gasteiger partial charge in [-0.05, 0) is 30.5 Å². The number of nitrogens with zero attached hydrogens (tertiary/aromatic N) is 2. The Hall–Kier alpha value is -3.65. The van der Waals surface area contributed by atoms with Crippen molar-refractivity contribution in [3.8, 4) is 0 Å². The second-order valence-corrected chi connectivity index (χ2v) is 9.75. The maximum atomic E-state index is 12.5. The number of ether oxygens (including phenoxy) is 1. The second kappa shape index (κ2) is 12.1. The lowest BCUT2D eigenvalue weighted by Gasteiger charge is -2.48.